The molecule has 0 saturated carbocycles. The van der Waals surface area contributed by atoms with Gasteiger partial charge in [0.2, 0.25) is 0 Å². The summed E-state index contributed by atoms with van der Waals surface area (Å²) < 4.78 is 0. The van der Waals surface area contributed by atoms with Crippen LogP contribution in [0, 0.1) is 0 Å². The van der Waals surface area contributed by atoms with Gasteiger partial charge in [0, 0.05) is 5.56 Å². The van der Waals surface area contributed by atoms with Crippen LogP contribution in [0.5, 0.6) is 5.75 Å². The van der Waals surface area contributed by atoms with E-state index in [1.807, 2.05) is 6.07 Å². The first-order chi connectivity index (χ1) is 6.32. The summed E-state index contributed by atoms with van der Waals surface area (Å²) in [7, 11) is 0. The Labute approximate surface area is 85.2 Å². The Morgan fingerprint density at radius 2 is 1.79 bits per heavy atom. The van der Waals surface area contributed by atoms with E-state index in [9.17, 15) is 10.2 Å². The molecule has 0 aliphatic carbocycles. The Morgan fingerprint density at radius 3 is 2.14 bits per heavy atom. The van der Waals surface area contributed by atoms with Crippen LogP contribution in [0.4, 0.5) is 0 Å². The summed E-state index contributed by atoms with van der Waals surface area (Å²) >= 11 is 0. The summed E-state index contributed by atoms with van der Waals surface area (Å²) in [5.41, 5.74) is 0.664. The Bertz CT molecular complexity index is 322. The van der Waals surface area contributed by atoms with Gasteiger partial charge in [-0.1, -0.05) is 26.0 Å². The second kappa shape index (κ2) is 3.62. The third-order valence-electron chi connectivity index (χ3n) is 2.35. The lowest BCUT2D eigenvalue weighted by atomic mass is 9.93. The van der Waals surface area contributed by atoms with Crippen molar-refractivity contribution in [3.8, 4) is 5.75 Å². The summed E-state index contributed by atoms with van der Waals surface area (Å²) in [4.78, 5) is 0. The molecule has 1 aromatic carbocycles. The first-order valence-corrected chi connectivity index (χ1v) is 4.88. The normalized spacial score (nSPS) is 12.1. The maximum absolute atomic E-state index is 9.74. The van der Waals surface area contributed by atoms with Crippen LogP contribution in [0.2, 0.25) is 0 Å². The molecule has 1 rings (SSSR count). The number of hydrogen-bond donors (Lipinski definition) is 2. The smallest absolute Gasteiger partial charge is 0.121 e. The van der Waals surface area contributed by atoms with Gasteiger partial charge in [0.25, 0.3) is 0 Å². The largest absolute Gasteiger partial charge is 0.508 e. The lowest BCUT2D eigenvalue weighted by Crippen LogP contribution is -2.15. The van der Waals surface area contributed by atoms with Gasteiger partial charge in [0.05, 0.1) is 5.60 Å². The third kappa shape index (κ3) is 2.26. The molecule has 0 spiro atoms. The van der Waals surface area contributed by atoms with Crippen molar-refractivity contribution >= 4 is 0 Å². The van der Waals surface area contributed by atoms with Gasteiger partial charge in [-0.25, -0.2) is 0 Å². The molecule has 0 aliphatic rings. The van der Waals surface area contributed by atoms with Crippen LogP contribution in [-0.2, 0) is 5.60 Å². The molecule has 0 radical (unpaired) electrons. The Kier molecular flexibility index (Phi) is 2.86. The number of benzene rings is 1. The molecule has 0 saturated heterocycles. The molecular weight excluding hydrogens is 176 g/mol. The van der Waals surface area contributed by atoms with Crippen LogP contribution in [0.15, 0.2) is 18.2 Å². The average Bonchev–Trinajstić information content (AvgIpc) is 2.01. The molecule has 0 heterocycles. The van der Waals surface area contributed by atoms with Crippen molar-refractivity contribution < 1.29 is 10.2 Å². The van der Waals surface area contributed by atoms with Gasteiger partial charge >= 0.3 is 0 Å². The fourth-order valence-corrected chi connectivity index (χ4v) is 1.43. The minimum Gasteiger partial charge on any atom is -0.508 e. The zero-order chi connectivity index (χ0) is 10.9. The van der Waals surface area contributed by atoms with Crippen LogP contribution < -0.4 is 0 Å². The highest BCUT2D eigenvalue weighted by Crippen LogP contribution is 2.31. The van der Waals surface area contributed by atoms with E-state index in [1.165, 1.54) is 0 Å². The molecule has 0 bridgehead atoms. The predicted molar refractivity (Wildman–Crippen MR) is 57.4 cm³/mol. The Balaban J connectivity index is 3.15. The van der Waals surface area contributed by atoms with Crippen LogP contribution in [0.3, 0.4) is 0 Å². The fourth-order valence-electron chi connectivity index (χ4n) is 1.43. The SMILES string of the molecule is CC(C)c1ccc(C(C)(C)O)c(O)c1. The second-order valence-electron chi connectivity index (χ2n) is 4.49. The number of phenols is 1. The maximum atomic E-state index is 9.74. The molecular formula is C12H18O2. The van der Waals surface area contributed by atoms with Crippen molar-refractivity contribution in [1.82, 2.24) is 0 Å². The van der Waals surface area contributed by atoms with Crippen LogP contribution in [0.1, 0.15) is 44.7 Å². The third-order valence-corrected chi connectivity index (χ3v) is 2.35. The monoisotopic (exact) mass is 194 g/mol. The van der Waals surface area contributed by atoms with E-state index in [1.54, 1.807) is 26.0 Å². The molecule has 0 atom stereocenters. The second-order valence-corrected chi connectivity index (χ2v) is 4.49. The Morgan fingerprint density at radius 1 is 1.21 bits per heavy atom. The van der Waals surface area contributed by atoms with Crippen LogP contribution >= 0.6 is 0 Å². The molecule has 0 aromatic heterocycles. The molecule has 2 N–H and O–H groups in total. The van der Waals surface area contributed by atoms with Crippen LogP contribution in [0.25, 0.3) is 0 Å². The molecule has 0 aliphatic heterocycles. The van der Waals surface area contributed by atoms with E-state index in [2.05, 4.69) is 13.8 Å². The van der Waals surface area contributed by atoms with E-state index in [4.69, 9.17) is 0 Å². The van der Waals surface area contributed by atoms with E-state index < -0.39 is 5.60 Å². The van der Waals surface area contributed by atoms with Gasteiger partial charge in [-0.05, 0) is 31.4 Å². The summed E-state index contributed by atoms with van der Waals surface area (Å²) in [6.07, 6.45) is 0. The molecule has 78 valence electrons. The zero-order valence-corrected chi connectivity index (χ0v) is 9.20. The molecule has 0 fully saturated rings. The van der Waals surface area contributed by atoms with Crippen molar-refractivity contribution in [3.05, 3.63) is 29.3 Å². The van der Waals surface area contributed by atoms with Gasteiger partial charge < -0.3 is 10.2 Å². The molecule has 0 unspecified atom stereocenters. The highest BCUT2D eigenvalue weighted by atomic mass is 16.3. The number of phenolic OH excluding ortho intramolecular Hbond substituents is 1. The van der Waals surface area contributed by atoms with E-state index in [0.29, 0.717) is 11.5 Å². The number of hydrogen-bond acceptors (Lipinski definition) is 2. The lowest BCUT2D eigenvalue weighted by molar-refractivity contribution is 0.0758. The average molecular weight is 194 g/mol. The summed E-state index contributed by atoms with van der Waals surface area (Å²) in [6, 6.07) is 5.44. The topological polar surface area (TPSA) is 40.5 Å². The highest BCUT2D eigenvalue weighted by molar-refractivity contribution is 5.40. The van der Waals surface area contributed by atoms with Crippen LogP contribution in [-0.4, -0.2) is 10.2 Å². The molecule has 2 heteroatoms. The van der Waals surface area contributed by atoms with E-state index in [0.717, 1.165) is 5.56 Å². The fraction of sp³-hybridized carbons (Fsp3) is 0.500. The van der Waals surface area contributed by atoms with Gasteiger partial charge in [-0.2, -0.15) is 0 Å². The number of rotatable bonds is 2. The van der Waals surface area contributed by atoms with E-state index >= 15 is 0 Å². The molecule has 14 heavy (non-hydrogen) atoms. The van der Waals surface area contributed by atoms with Crippen molar-refractivity contribution in [2.75, 3.05) is 0 Å². The van der Waals surface area contributed by atoms with E-state index in [-0.39, 0.29) is 5.75 Å². The first-order valence-electron chi connectivity index (χ1n) is 4.88. The van der Waals surface area contributed by atoms with Crippen molar-refractivity contribution in [2.24, 2.45) is 0 Å². The summed E-state index contributed by atoms with van der Waals surface area (Å²) in [6.45, 7) is 7.46. The maximum Gasteiger partial charge on any atom is 0.121 e. The van der Waals surface area contributed by atoms with Gasteiger partial charge in [0.15, 0.2) is 0 Å². The van der Waals surface area contributed by atoms with Gasteiger partial charge in [0.1, 0.15) is 5.75 Å². The summed E-state index contributed by atoms with van der Waals surface area (Å²) in [5.74, 6) is 0.556. The first kappa shape index (κ1) is 11.1. The van der Waals surface area contributed by atoms with Gasteiger partial charge in [-0.3, -0.25) is 0 Å². The molecule has 2 nitrogen and oxygen atoms in total. The lowest BCUT2D eigenvalue weighted by Gasteiger charge is -2.20. The van der Waals surface area contributed by atoms with Crippen molar-refractivity contribution in [1.29, 1.82) is 0 Å². The zero-order valence-electron chi connectivity index (χ0n) is 9.20. The molecule has 1 aromatic rings. The predicted octanol–water partition coefficient (Wildman–Crippen LogP) is 2.74. The standard InChI is InChI=1S/C12H18O2/c1-8(2)9-5-6-10(11(13)7-9)12(3,4)14/h5-8,13-14H,1-4H3. The number of aliphatic hydroxyl groups is 1. The highest BCUT2D eigenvalue weighted by Gasteiger charge is 2.20. The number of aromatic hydroxyl groups is 1. The summed E-state index contributed by atoms with van der Waals surface area (Å²) in [5, 5.41) is 19.5. The molecule has 0 amide bonds. The minimum atomic E-state index is -0.987. The van der Waals surface area contributed by atoms with Gasteiger partial charge in [-0.15, -0.1) is 0 Å². The van der Waals surface area contributed by atoms with Crippen molar-refractivity contribution in [3.63, 3.8) is 0 Å². The quantitative estimate of drug-likeness (QED) is 0.760. The minimum absolute atomic E-state index is 0.170. The Hall–Kier alpha value is -1.02. The van der Waals surface area contributed by atoms with Crippen molar-refractivity contribution in [2.45, 2.75) is 39.2 Å².